The third-order valence-electron chi connectivity index (χ3n) is 2.72. The summed E-state index contributed by atoms with van der Waals surface area (Å²) >= 11 is 1.61. The molecule has 96 valence electrons. The van der Waals surface area contributed by atoms with Gasteiger partial charge in [0.25, 0.3) is 0 Å². The lowest BCUT2D eigenvalue weighted by Gasteiger charge is -2.03. The average Bonchev–Trinajstić information content (AvgIpc) is 2.81. The van der Waals surface area contributed by atoms with Crippen molar-refractivity contribution in [3.63, 3.8) is 0 Å². The zero-order valence-electron chi connectivity index (χ0n) is 10.6. The standard InChI is InChI=1S/C14H14N4S/c1-2-15-12-8-13(17-9-16-12)19-14-7-10-5-3-4-6-11(10)18-14/h3-9,18H,2H2,1H3,(H,15,16,17). The number of hydrogen-bond donors (Lipinski definition) is 2. The van der Waals surface area contributed by atoms with Crippen molar-refractivity contribution in [2.45, 2.75) is 17.0 Å². The first-order valence-electron chi connectivity index (χ1n) is 6.16. The van der Waals surface area contributed by atoms with E-state index in [1.807, 2.05) is 25.1 Å². The van der Waals surface area contributed by atoms with Gasteiger partial charge in [0.15, 0.2) is 0 Å². The minimum Gasteiger partial charge on any atom is -0.370 e. The first-order chi connectivity index (χ1) is 9.35. The molecule has 2 N–H and O–H groups in total. The zero-order chi connectivity index (χ0) is 13.1. The summed E-state index contributed by atoms with van der Waals surface area (Å²) in [5.41, 5.74) is 1.14. The molecule has 0 saturated heterocycles. The molecule has 3 aromatic rings. The second-order valence-corrected chi connectivity index (χ2v) is 5.16. The quantitative estimate of drug-likeness (QED) is 0.712. The van der Waals surface area contributed by atoms with Gasteiger partial charge in [0.2, 0.25) is 0 Å². The van der Waals surface area contributed by atoms with E-state index >= 15 is 0 Å². The number of fused-ring (bicyclic) bond motifs is 1. The number of aromatic nitrogens is 3. The Kier molecular flexibility index (Phi) is 3.37. The van der Waals surface area contributed by atoms with Gasteiger partial charge in [-0.05, 0) is 19.1 Å². The Balaban J connectivity index is 1.85. The van der Waals surface area contributed by atoms with Crippen molar-refractivity contribution < 1.29 is 0 Å². The van der Waals surface area contributed by atoms with Crippen molar-refractivity contribution in [3.8, 4) is 0 Å². The molecule has 0 saturated carbocycles. The molecular weight excluding hydrogens is 256 g/mol. The fourth-order valence-corrected chi connectivity index (χ4v) is 2.73. The molecule has 0 fully saturated rings. The molecule has 1 aromatic carbocycles. The van der Waals surface area contributed by atoms with Crippen LogP contribution < -0.4 is 5.32 Å². The maximum atomic E-state index is 4.28. The predicted molar refractivity (Wildman–Crippen MR) is 78.6 cm³/mol. The Morgan fingerprint density at radius 1 is 1.21 bits per heavy atom. The van der Waals surface area contributed by atoms with Crippen molar-refractivity contribution in [2.24, 2.45) is 0 Å². The van der Waals surface area contributed by atoms with Crippen LogP contribution in [0, 0.1) is 0 Å². The average molecular weight is 270 g/mol. The zero-order valence-corrected chi connectivity index (χ0v) is 11.4. The maximum Gasteiger partial charge on any atom is 0.130 e. The van der Waals surface area contributed by atoms with E-state index < -0.39 is 0 Å². The van der Waals surface area contributed by atoms with Crippen molar-refractivity contribution in [2.75, 3.05) is 11.9 Å². The predicted octanol–water partition coefficient (Wildman–Crippen LogP) is 3.54. The van der Waals surface area contributed by atoms with Crippen LogP contribution >= 0.6 is 11.8 Å². The Morgan fingerprint density at radius 3 is 2.95 bits per heavy atom. The van der Waals surface area contributed by atoms with Gasteiger partial charge in [-0.15, -0.1) is 0 Å². The minimum atomic E-state index is 0.855. The van der Waals surface area contributed by atoms with Gasteiger partial charge >= 0.3 is 0 Å². The third-order valence-corrected chi connectivity index (χ3v) is 3.59. The fraction of sp³-hybridized carbons (Fsp3) is 0.143. The second kappa shape index (κ2) is 5.32. The largest absolute Gasteiger partial charge is 0.370 e. The van der Waals surface area contributed by atoms with Crippen LogP contribution in [0.1, 0.15) is 6.92 Å². The molecule has 2 aromatic heterocycles. The molecule has 0 aliphatic heterocycles. The van der Waals surface area contributed by atoms with E-state index in [4.69, 9.17) is 0 Å². The lowest BCUT2D eigenvalue weighted by atomic mass is 10.3. The van der Waals surface area contributed by atoms with Crippen molar-refractivity contribution in [1.82, 2.24) is 15.0 Å². The summed E-state index contributed by atoms with van der Waals surface area (Å²) < 4.78 is 0. The number of benzene rings is 1. The fourth-order valence-electron chi connectivity index (χ4n) is 1.89. The van der Waals surface area contributed by atoms with Crippen LogP contribution in [0.5, 0.6) is 0 Å². The molecule has 0 bridgehead atoms. The number of nitrogens with one attached hydrogen (secondary N) is 2. The first-order valence-corrected chi connectivity index (χ1v) is 6.98. The Labute approximate surface area is 115 Å². The number of H-pyrrole nitrogens is 1. The van der Waals surface area contributed by atoms with Crippen LogP contribution in [0.25, 0.3) is 10.9 Å². The Bertz CT molecular complexity index is 659. The lowest BCUT2D eigenvalue weighted by molar-refractivity contribution is 1.03. The molecule has 4 nitrogen and oxygen atoms in total. The van der Waals surface area contributed by atoms with Gasteiger partial charge in [-0.3, -0.25) is 0 Å². The monoisotopic (exact) mass is 270 g/mol. The summed E-state index contributed by atoms with van der Waals surface area (Å²) in [6.45, 7) is 2.90. The molecule has 0 radical (unpaired) electrons. The van der Waals surface area contributed by atoms with Gasteiger partial charge in [-0.1, -0.05) is 30.0 Å². The maximum absolute atomic E-state index is 4.28. The number of para-hydroxylation sites is 1. The van der Waals surface area contributed by atoms with Gasteiger partial charge in [0.05, 0.1) is 5.03 Å². The third kappa shape index (κ3) is 2.71. The van der Waals surface area contributed by atoms with Crippen LogP contribution in [-0.2, 0) is 0 Å². The molecule has 0 atom stereocenters. The number of anilines is 1. The number of aromatic amines is 1. The van der Waals surface area contributed by atoms with Crippen molar-refractivity contribution in [3.05, 3.63) is 42.7 Å². The highest BCUT2D eigenvalue weighted by atomic mass is 32.2. The SMILES string of the molecule is CCNc1cc(Sc2cc3ccccc3[nH]2)ncn1. The summed E-state index contributed by atoms with van der Waals surface area (Å²) in [5, 5.41) is 6.41. The van der Waals surface area contributed by atoms with Crippen molar-refractivity contribution in [1.29, 1.82) is 0 Å². The number of nitrogens with zero attached hydrogens (tertiary/aromatic N) is 2. The summed E-state index contributed by atoms with van der Waals surface area (Å²) in [6.07, 6.45) is 1.59. The molecule has 5 heteroatoms. The van der Waals surface area contributed by atoms with E-state index in [0.29, 0.717) is 0 Å². The molecule has 3 rings (SSSR count). The minimum absolute atomic E-state index is 0.855. The van der Waals surface area contributed by atoms with E-state index in [9.17, 15) is 0 Å². The van der Waals surface area contributed by atoms with E-state index in [1.165, 1.54) is 5.39 Å². The van der Waals surface area contributed by atoms with Crippen LogP contribution in [-0.4, -0.2) is 21.5 Å². The van der Waals surface area contributed by atoms with Crippen LogP contribution in [0.3, 0.4) is 0 Å². The highest BCUT2D eigenvalue weighted by Gasteiger charge is 2.04. The molecule has 0 unspecified atom stereocenters. The lowest BCUT2D eigenvalue weighted by Crippen LogP contribution is -1.99. The normalized spacial score (nSPS) is 10.8. The van der Waals surface area contributed by atoms with Crippen molar-refractivity contribution >= 4 is 28.5 Å². The second-order valence-electron chi connectivity index (χ2n) is 4.09. The molecule has 0 amide bonds. The van der Waals surface area contributed by atoms with Crippen LogP contribution in [0.2, 0.25) is 0 Å². The van der Waals surface area contributed by atoms with E-state index in [2.05, 4.69) is 38.5 Å². The smallest absolute Gasteiger partial charge is 0.130 e. The Morgan fingerprint density at radius 2 is 2.11 bits per heavy atom. The van der Waals surface area contributed by atoms with E-state index in [-0.39, 0.29) is 0 Å². The molecule has 2 heterocycles. The highest BCUT2D eigenvalue weighted by molar-refractivity contribution is 7.99. The molecule has 19 heavy (non-hydrogen) atoms. The van der Waals surface area contributed by atoms with Gasteiger partial charge in [-0.25, -0.2) is 9.97 Å². The van der Waals surface area contributed by atoms with Crippen LogP contribution in [0.4, 0.5) is 5.82 Å². The van der Waals surface area contributed by atoms with Gasteiger partial charge in [0.1, 0.15) is 17.2 Å². The van der Waals surface area contributed by atoms with Crippen LogP contribution in [0.15, 0.2) is 52.8 Å². The molecule has 0 aliphatic rings. The Hall–Kier alpha value is -2.01. The number of hydrogen-bond acceptors (Lipinski definition) is 4. The van der Waals surface area contributed by atoms with E-state index in [1.54, 1.807) is 18.1 Å². The number of rotatable bonds is 4. The van der Waals surface area contributed by atoms with Gasteiger partial charge in [-0.2, -0.15) is 0 Å². The van der Waals surface area contributed by atoms with Gasteiger partial charge < -0.3 is 10.3 Å². The highest BCUT2D eigenvalue weighted by Crippen LogP contribution is 2.29. The first kappa shape index (κ1) is 12.0. The summed E-state index contributed by atoms with van der Waals surface area (Å²) in [5.74, 6) is 0.858. The van der Waals surface area contributed by atoms with E-state index in [0.717, 1.165) is 27.9 Å². The molecule has 0 aliphatic carbocycles. The molecular formula is C14H14N4S. The summed E-state index contributed by atoms with van der Waals surface area (Å²) in [6, 6.07) is 12.3. The summed E-state index contributed by atoms with van der Waals surface area (Å²) in [7, 11) is 0. The van der Waals surface area contributed by atoms with Gasteiger partial charge in [0, 0.05) is 23.5 Å². The summed E-state index contributed by atoms with van der Waals surface area (Å²) in [4.78, 5) is 11.8. The molecule has 0 spiro atoms. The topological polar surface area (TPSA) is 53.6 Å².